The molecule has 1 atom stereocenters. The zero-order valence-electron chi connectivity index (χ0n) is 11.1. The maximum atomic E-state index is 12.7. The van der Waals surface area contributed by atoms with Crippen LogP contribution in [0.15, 0.2) is 24.3 Å². The molecule has 6 heteroatoms. The zero-order valence-corrected chi connectivity index (χ0v) is 11.9. The maximum absolute atomic E-state index is 12.7. The molecule has 1 unspecified atom stereocenters. The van der Waals surface area contributed by atoms with E-state index >= 15 is 0 Å². The number of aryl methyl sites for hydroxylation is 2. The first-order valence-electron chi connectivity index (χ1n) is 6.14. The van der Waals surface area contributed by atoms with Crippen molar-refractivity contribution in [3.05, 3.63) is 51.8 Å². The summed E-state index contributed by atoms with van der Waals surface area (Å²) < 4.78 is 26.8. The fourth-order valence-corrected chi connectivity index (χ4v) is 2.37. The number of rotatable bonds is 4. The van der Waals surface area contributed by atoms with Gasteiger partial charge in [-0.3, -0.25) is 4.68 Å². The van der Waals surface area contributed by atoms with Crippen molar-refractivity contribution in [2.75, 3.05) is 0 Å². The fourth-order valence-electron chi connectivity index (χ4n) is 2.12. The first kappa shape index (κ1) is 14.9. The molecule has 1 N–H and O–H groups in total. The molecule has 2 aromatic rings. The van der Waals surface area contributed by atoms with E-state index in [1.807, 2.05) is 0 Å². The highest BCUT2D eigenvalue weighted by atomic mass is 35.5. The molecule has 0 saturated carbocycles. The van der Waals surface area contributed by atoms with Gasteiger partial charge in [0.15, 0.2) is 0 Å². The lowest BCUT2D eigenvalue weighted by Crippen LogP contribution is -2.03. The Morgan fingerprint density at radius 2 is 2.00 bits per heavy atom. The van der Waals surface area contributed by atoms with Crippen molar-refractivity contribution in [2.45, 2.75) is 25.9 Å². The van der Waals surface area contributed by atoms with Crippen LogP contribution in [0.3, 0.4) is 0 Å². The molecular weight excluding hydrogens is 286 g/mol. The smallest absolute Gasteiger partial charge is 0.263 e. The molecule has 0 aliphatic heterocycles. The van der Waals surface area contributed by atoms with E-state index in [0.29, 0.717) is 10.7 Å². The van der Waals surface area contributed by atoms with Crippen LogP contribution in [0.5, 0.6) is 0 Å². The summed E-state index contributed by atoms with van der Waals surface area (Å²) in [5.41, 5.74) is 1.79. The predicted octanol–water partition coefficient (Wildman–Crippen LogP) is 3.60. The van der Waals surface area contributed by atoms with Crippen molar-refractivity contribution >= 4 is 11.6 Å². The second-order valence-electron chi connectivity index (χ2n) is 4.67. The molecule has 0 fully saturated rings. The highest BCUT2D eigenvalue weighted by Crippen LogP contribution is 2.28. The molecule has 0 amide bonds. The minimum Gasteiger partial charge on any atom is -0.388 e. The molecule has 108 valence electrons. The number of hydrogen-bond acceptors (Lipinski definition) is 2. The number of hydrogen-bond donors (Lipinski definition) is 1. The molecule has 20 heavy (non-hydrogen) atoms. The summed E-state index contributed by atoms with van der Waals surface area (Å²) in [7, 11) is 1.71. The molecule has 1 aromatic carbocycles. The summed E-state index contributed by atoms with van der Waals surface area (Å²) in [6.45, 7) is 1.80. The van der Waals surface area contributed by atoms with E-state index in [0.717, 1.165) is 11.3 Å². The monoisotopic (exact) mass is 300 g/mol. The lowest BCUT2D eigenvalue weighted by Gasteiger charge is -2.12. The Labute approximate surface area is 120 Å². The quantitative estimate of drug-likeness (QED) is 0.937. The van der Waals surface area contributed by atoms with Gasteiger partial charge < -0.3 is 5.11 Å². The first-order chi connectivity index (χ1) is 9.40. The van der Waals surface area contributed by atoms with Gasteiger partial charge in [-0.2, -0.15) is 5.10 Å². The Morgan fingerprint density at radius 1 is 1.35 bits per heavy atom. The van der Waals surface area contributed by atoms with Crippen LogP contribution < -0.4 is 0 Å². The fraction of sp³-hybridized carbons (Fsp3) is 0.357. The molecule has 1 aromatic heterocycles. The first-order valence-corrected chi connectivity index (χ1v) is 6.52. The second kappa shape index (κ2) is 5.89. The standard InChI is InChI=1S/C14H15ClF2N2O/c1-8-11(13(15)19(2)18-8)7-12(20)9-4-3-5-10(6-9)14(16)17/h3-6,12,14,20H,7H2,1-2H3. The van der Waals surface area contributed by atoms with Crippen LogP contribution >= 0.6 is 11.6 Å². The SMILES string of the molecule is Cc1nn(C)c(Cl)c1CC(O)c1cccc(C(F)F)c1. The van der Waals surface area contributed by atoms with Crippen LogP contribution in [0.2, 0.25) is 5.15 Å². The molecule has 3 nitrogen and oxygen atoms in total. The highest BCUT2D eigenvalue weighted by molar-refractivity contribution is 6.30. The van der Waals surface area contributed by atoms with E-state index in [4.69, 9.17) is 11.6 Å². The van der Waals surface area contributed by atoms with Crippen LogP contribution in [0.25, 0.3) is 0 Å². The summed E-state index contributed by atoms with van der Waals surface area (Å²) >= 11 is 6.10. The van der Waals surface area contributed by atoms with Crippen molar-refractivity contribution in [1.82, 2.24) is 9.78 Å². The minimum absolute atomic E-state index is 0.101. The van der Waals surface area contributed by atoms with Crippen LogP contribution in [0.4, 0.5) is 8.78 Å². The van der Waals surface area contributed by atoms with Crippen molar-refractivity contribution in [2.24, 2.45) is 7.05 Å². The molecule has 0 bridgehead atoms. The van der Waals surface area contributed by atoms with Gasteiger partial charge in [0.1, 0.15) is 5.15 Å². The number of aliphatic hydroxyl groups excluding tert-OH is 1. The van der Waals surface area contributed by atoms with E-state index in [-0.39, 0.29) is 12.0 Å². The maximum Gasteiger partial charge on any atom is 0.263 e. The third-order valence-corrected chi connectivity index (χ3v) is 3.69. The highest BCUT2D eigenvalue weighted by Gasteiger charge is 2.18. The number of alkyl halides is 2. The van der Waals surface area contributed by atoms with Gasteiger partial charge in [-0.15, -0.1) is 0 Å². The van der Waals surface area contributed by atoms with Crippen molar-refractivity contribution in [3.8, 4) is 0 Å². The number of aliphatic hydroxyl groups is 1. The van der Waals surface area contributed by atoms with E-state index in [1.165, 1.54) is 22.9 Å². The van der Waals surface area contributed by atoms with Crippen LogP contribution in [-0.2, 0) is 13.5 Å². The van der Waals surface area contributed by atoms with Gasteiger partial charge in [-0.1, -0.05) is 29.8 Å². The lowest BCUT2D eigenvalue weighted by atomic mass is 10.0. The molecule has 2 rings (SSSR count). The van der Waals surface area contributed by atoms with Gasteiger partial charge in [-0.25, -0.2) is 8.78 Å². The van der Waals surface area contributed by atoms with Crippen LogP contribution in [0, 0.1) is 6.92 Å². The summed E-state index contributed by atoms with van der Waals surface area (Å²) in [6, 6.07) is 5.78. The van der Waals surface area contributed by atoms with Gasteiger partial charge in [0.05, 0.1) is 11.8 Å². The van der Waals surface area contributed by atoms with E-state index in [2.05, 4.69) is 5.10 Å². The number of nitrogens with zero attached hydrogens (tertiary/aromatic N) is 2. The van der Waals surface area contributed by atoms with Gasteiger partial charge >= 0.3 is 0 Å². The van der Waals surface area contributed by atoms with Crippen LogP contribution in [0.1, 0.15) is 34.9 Å². The number of benzene rings is 1. The van der Waals surface area contributed by atoms with Crippen molar-refractivity contribution in [3.63, 3.8) is 0 Å². The van der Waals surface area contributed by atoms with Crippen molar-refractivity contribution < 1.29 is 13.9 Å². The predicted molar refractivity (Wildman–Crippen MR) is 73.0 cm³/mol. The average Bonchev–Trinajstić information content (AvgIpc) is 2.65. The zero-order chi connectivity index (χ0) is 14.9. The van der Waals surface area contributed by atoms with Gasteiger partial charge in [-0.05, 0) is 18.6 Å². The number of aromatic nitrogens is 2. The summed E-state index contributed by atoms with van der Waals surface area (Å²) in [5.74, 6) is 0. The Hall–Kier alpha value is -1.46. The average molecular weight is 301 g/mol. The van der Waals surface area contributed by atoms with Crippen molar-refractivity contribution in [1.29, 1.82) is 0 Å². The molecule has 0 radical (unpaired) electrons. The Morgan fingerprint density at radius 3 is 2.55 bits per heavy atom. The largest absolute Gasteiger partial charge is 0.388 e. The van der Waals surface area contributed by atoms with Gasteiger partial charge in [0.25, 0.3) is 6.43 Å². The Bertz CT molecular complexity index is 613. The Balaban J connectivity index is 2.24. The number of halogens is 3. The Kier molecular flexibility index (Phi) is 4.40. The normalized spacial score (nSPS) is 12.9. The lowest BCUT2D eigenvalue weighted by molar-refractivity contribution is 0.149. The molecule has 1 heterocycles. The molecule has 0 aliphatic rings. The molecule has 0 spiro atoms. The minimum atomic E-state index is -2.55. The van der Waals surface area contributed by atoms with E-state index in [1.54, 1.807) is 20.0 Å². The summed E-state index contributed by atoms with van der Waals surface area (Å²) in [4.78, 5) is 0. The topological polar surface area (TPSA) is 38.0 Å². The molecular formula is C14H15ClF2N2O. The van der Waals surface area contributed by atoms with Crippen LogP contribution in [-0.4, -0.2) is 14.9 Å². The summed E-state index contributed by atoms with van der Waals surface area (Å²) in [5, 5.41) is 14.8. The van der Waals surface area contributed by atoms with E-state index in [9.17, 15) is 13.9 Å². The third-order valence-electron chi connectivity index (χ3n) is 3.21. The molecule has 0 aliphatic carbocycles. The third kappa shape index (κ3) is 2.99. The second-order valence-corrected chi connectivity index (χ2v) is 5.03. The molecule has 0 saturated heterocycles. The van der Waals surface area contributed by atoms with Gasteiger partial charge in [0, 0.05) is 24.6 Å². The summed E-state index contributed by atoms with van der Waals surface area (Å²) in [6.07, 6.45) is -3.20. The van der Waals surface area contributed by atoms with E-state index < -0.39 is 12.5 Å². The van der Waals surface area contributed by atoms with Gasteiger partial charge in [0.2, 0.25) is 0 Å².